The topological polar surface area (TPSA) is 45.7 Å². The van der Waals surface area contributed by atoms with E-state index in [2.05, 4.69) is 36.4 Å². The summed E-state index contributed by atoms with van der Waals surface area (Å²) in [5, 5.41) is 6.39. The van der Waals surface area contributed by atoms with E-state index in [0.29, 0.717) is 12.0 Å². The van der Waals surface area contributed by atoms with E-state index in [-0.39, 0.29) is 5.41 Å². The van der Waals surface area contributed by atoms with Crippen LogP contribution in [0.2, 0.25) is 0 Å². The molecule has 0 spiro atoms. The molecule has 1 saturated heterocycles. The molecule has 4 nitrogen and oxygen atoms in total. The molecule has 0 radical (unpaired) electrons. The average molecular weight is 241 g/mol. The highest BCUT2D eigenvalue weighted by molar-refractivity contribution is 5.79. The molecule has 17 heavy (non-hydrogen) atoms. The van der Waals surface area contributed by atoms with Crippen LogP contribution in [0.5, 0.6) is 0 Å². The Labute approximate surface area is 105 Å². The third kappa shape index (κ3) is 4.19. The molecular weight excluding hydrogens is 214 g/mol. The van der Waals surface area contributed by atoms with Gasteiger partial charge in [0.1, 0.15) is 0 Å². The minimum Gasteiger partial charge on any atom is -0.377 e. The molecule has 0 bridgehead atoms. The summed E-state index contributed by atoms with van der Waals surface area (Å²) in [6.45, 7) is 8.59. The summed E-state index contributed by atoms with van der Waals surface area (Å²) in [7, 11) is 3.67. The van der Waals surface area contributed by atoms with Crippen LogP contribution in [0.25, 0.3) is 0 Å². The van der Waals surface area contributed by atoms with E-state index in [4.69, 9.17) is 4.74 Å². The first kappa shape index (κ1) is 14.3. The summed E-state index contributed by atoms with van der Waals surface area (Å²) in [4.78, 5) is 4.13. The minimum absolute atomic E-state index is 0.204. The fraction of sp³-hybridized carbons (Fsp3) is 0.923. The van der Waals surface area contributed by atoms with Crippen LogP contribution >= 0.6 is 0 Å². The molecule has 1 fully saturated rings. The van der Waals surface area contributed by atoms with Gasteiger partial charge in [-0.3, -0.25) is 4.99 Å². The van der Waals surface area contributed by atoms with Gasteiger partial charge in [0.2, 0.25) is 0 Å². The molecule has 0 aliphatic carbocycles. The molecule has 1 aliphatic heterocycles. The lowest BCUT2D eigenvalue weighted by Crippen LogP contribution is -2.47. The standard InChI is InChI=1S/C13H27N3O/c1-13(2,3)11-10(7-6-8-17-11)9-16-12(14-4)15-5/h10-11H,6-9H2,1-5H3,(H2,14,15,16). The lowest BCUT2D eigenvalue weighted by molar-refractivity contribution is -0.0835. The number of nitrogens with zero attached hydrogens (tertiary/aromatic N) is 1. The largest absolute Gasteiger partial charge is 0.377 e. The molecule has 2 N–H and O–H groups in total. The average Bonchev–Trinajstić information content (AvgIpc) is 2.29. The summed E-state index contributed by atoms with van der Waals surface area (Å²) < 4.78 is 5.95. The zero-order chi connectivity index (χ0) is 12.9. The maximum absolute atomic E-state index is 5.95. The van der Waals surface area contributed by atoms with Gasteiger partial charge in [0.15, 0.2) is 5.96 Å². The van der Waals surface area contributed by atoms with Gasteiger partial charge in [-0.05, 0) is 18.3 Å². The van der Waals surface area contributed by atoms with E-state index in [1.807, 2.05) is 7.05 Å². The number of ether oxygens (including phenoxy) is 1. The first-order chi connectivity index (χ1) is 7.99. The van der Waals surface area contributed by atoms with Crippen molar-refractivity contribution in [2.75, 3.05) is 27.2 Å². The normalized spacial score (nSPS) is 26.8. The summed E-state index contributed by atoms with van der Waals surface area (Å²) in [5.41, 5.74) is 0.204. The van der Waals surface area contributed by atoms with Crippen LogP contribution in [-0.2, 0) is 4.74 Å². The highest BCUT2D eigenvalue weighted by Gasteiger charge is 2.35. The van der Waals surface area contributed by atoms with E-state index in [1.165, 1.54) is 6.42 Å². The Morgan fingerprint density at radius 3 is 2.65 bits per heavy atom. The van der Waals surface area contributed by atoms with Crippen LogP contribution in [-0.4, -0.2) is 39.3 Å². The first-order valence-electron chi connectivity index (χ1n) is 6.49. The van der Waals surface area contributed by atoms with Crippen LogP contribution in [0.15, 0.2) is 4.99 Å². The van der Waals surface area contributed by atoms with Crippen molar-refractivity contribution in [3.63, 3.8) is 0 Å². The lowest BCUT2D eigenvalue weighted by Gasteiger charge is -2.40. The van der Waals surface area contributed by atoms with Gasteiger partial charge in [-0.15, -0.1) is 0 Å². The number of hydrogen-bond acceptors (Lipinski definition) is 2. The van der Waals surface area contributed by atoms with Gasteiger partial charge in [0.25, 0.3) is 0 Å². The van der Waals surface area contributed by atoms with Crippen LogP contribution in [0.4, 0.5) is 0 Å². The van der Waals surface area contributed by atoms with Crippen LogP contribution < -0.4 is 10.6 Å². The second-order valence-electron chi connectivity index (χ2n) is 5.76. The Hall–Kier alpha value is -0.770. The Bertz CT molecular complexity index is 258. The maximum atomic E-state index is 5.95. The quantitative estimate of drug-likeness (QED) is 0.570. The van der Waals surface area contributed by atoms with E-state index in [1.54, 1.807) is 7.05 Å². The third-order valence-electron chi connectivity index (χ3n) is 3.29. The van der Waals surface area contributed by atoms with Crippen molar-refractivity contribution in [3.05, 3.63) is 0 Å². The van der Waals surface area contributed by atoms with Gasteiger partial charge < -0.3 is 15.4 Å². The van der Waals surface area contributed by atoms with Crippen molar-refractivity contribution < 1.29 is 4.74 Å². The van der Waals surface area contributed by atoms with Gasteiger partial charge in [0, 0.05) is 33.2 Å². The van der Waals surface area contributed by atoms with Gasteiger partial charge in [-0.1, -0.05) is 20.8 Å². The number of nitrogens with one attached hydrogen (secondary N) is 2. The summed E-state index contributed by atoms with van der Waals surface area (Å²) >= 11 is 0. The molecule has 4 heteroatoms. The van der Waals surface area contributed by atoms with E-state index in [0.717, 1.165) is 25.5 Å². The lowest BCUT2D eigenvalue weighted by atomic mass is 9.78. The molecule has 0 saturated carbocycles. The Morgan fingerprint density at radius 1 is 1.41 bits per heavy atom. The highest BCUT2D eigenvalue weighted by Crippen LogP contribution is 2.33. The van der Waals surface area contributed by atoms with Gasteiger partial charge >= 0.3 is 0 Å². The molecule has 0 aromatic rings. The predicted octanol–water partition coefficient (Wildman–Crippen LogP) is 1.62. The predicted molar refractivity (Wildman–Crippen MR) is 72.3 cm³/mol. The molecule has 1 aliphatic rings. The summed E-state index contributed by atoms with van der Waals surface area (Å²) in [6, 6.07) is 0. The highest BCUT2D eigenvalue weighted by atomic mass is 16.5. The van der Waals surface area contributed by atoms with E-state index < -0.39 is 0 Å². The Morgan fingerprint density at radius 2 is 2.12 bits per heavy atom. The molecule has 0 amide bonds. The monoisotopic (exact) mass is 241 g/mol. The van der Waals surface area contributed by atoms with E-state index in [9.17, 15) is 0 Å². The Kier molecular flexibility index (Phi) is 5.25. The van der Waals surface area contributed by atoms with Crippen molar-refractivity contribution in [1.29, 1.82) is 0 Å². The Balaban J connectivity index is 2.54. The summed E-state index contributed by atoms with van der Waals surface area (Å²) in [6.07, 6.45) is 2.73. The molecule has 100 valence electrons. The van der Waals surface area contributed by atoms with Gasteiger partial charge in [-0.25, -0.2) is 0 Å². The number of guanidine groups is 1. The van der Waals surface area contributed by atoms with Gasteiger partial charge in [-0.2, -0.15) is 0 Å². The van der Waals surface area contributed by atoms with Gasteiger partial charge in [0.05, 0.1) is 6.10 Å². The van der Waals surface area contributed by atoms with Crippen molar-refractivity contribution >= 4 is 5.96 Å². The minimum atomic E-state index is 0.204. The molecular formula is C13H27N3O. The summed E-state index contributed by atoms with van der Waals surface area (Å²) in [5.74, 6) is 1.41. The molecule has 1 heterocycles. The smallest absolute Gasteiger partial charge is 0.190 e. The molecule has 1 rings (SSSR count). The zero-order valence-corrected chi connectivity index (χ0v) is 11.8. The maximum Gasteiger partial charge on any atom is 0.190 e. The second kappa shape index (κ2) is 6.24. The van der Waals surface area contributed by atoms with E-state index >= 15 is 0 Å². The molecule has 0 aromatic heterocycles. The first-order valence-corrected chi connectivity index (χ1v) is 6.49. The molecule has 0 aromatic carbocycles. The van der Waals surface area contributed by atoms with Crippen LogP contribution in [0, 0.1) is 11.3 Å². The van der Waals surface area contributed by atoms with Crippen molar-refractivity contribution in [2.24, 2.45) is 16.3 Å². The van der Waals surface area contributed by atoms with Crippen LogP contribution in [0.1, 0.15) is 33.6 Å². The van der Waals surface area contributed by atoms with Crippen LogP contribution in [0.3, 0.4) is 0 Å². The van der Waals surface area contributed by atoms with Crippen molar-refractivity contribution in [3.8, 4) is 0 Å². The molecule has 2 unspecified atom stereocenters. The fourth-order valence-electron chi connectivity index (χ4n) is 2.52. The SMILES string of the molecule is CN=C(NC)NCC1CCCOC1C(C)(C)C. The molecule has 2 atom stereocenters. The second-order valence-corrected chi connectivity index (χ2v) is 5.76. The van der Waals surface area contributed by atoms with Crippen molar-refractivity contribution in [1.82, 2.24) is 10.6 Å². The third-order valence-corrected chi connectivity index (χ3v) is 3.29. The number of aliphatic imine (C=N–C) groups is 1. The number of hydrogen-bond donors (Lipinski definition) is 2. The van der Waals surface area contributed by atoms with Crippen molar-refractivity contribution in [2.45, 2.75) is 39.7 Å². The zero-order valence-electron chi connectivity index (χ0n) is 11.8. The number of rotatable bonds is 2. The fourth-order valence-corrected chi connectivity index (χ4v) is 2.52.